The van der Waals surface area contributed by atoms with Crippen LogP contribution in [0.3, 0.4) is 0 Å². The average molecular weight is 376 g/mol. The molecule has 5 heteroatoms. The highest BCUT2D eigenvalue weighted by Gasteiger charge is 2.36. The molecular weight excluding hydrogens is 347 g/mol. The molecule has 142 valence electrons. The van der Waals surface area contributed by atoms with E-state index in [2.05, 4.69) is 0 Å². The topological polar surface area (TPSA) is 66.8 Å². The summed E-state index contributed by atoms with van der Waals surface area (Å²) < 4.78 is 19.3. The van der Waals surface area contributed by atoms with Crippen molar-refractivity contribution in [3.05, 3.63) is 47.5 Å². The van der Waals surface area contributed by atoms with Crippen molar-refractivity contribution in [2.24, 2.45) is 0 Å². The fourth-order valence-corrected chi connectivity index (χ4v) is 5.09. The van der Waals surface area contributed by atoms with Gasteiger partial charge in [-0.3, -0.25) is 4.57 Å². The molecule has 0 atom stereocenters. The fourth-order valence-electron chi connectivity index (χ4n) is 3.07. The number of rotatable bonds is 3. The highest BCUT2D eigenvalue weighted by Crippen LogP contribution is 2.51. The van der Waals surface area contributed by atoms with Crippen LogP contribution in [-0.2, 0) is 19.9 Å². The molecule has 2 rings (SSSR count). The number of aromatic hydroxyl groups is 2. The van der Waals surface area contributed by atoms with Crippen molar-refractivity contribution in [3.8, 4) is 11.5 Å². The second kappa shape index (κ2) is 6.75. The summed E-state index contributed by atoms with van der Waals surface area (Å²) in [6.45, 7) is 11.8. The van der Waals surface area contributed by atoms with Crippen LogP contribution in [0.2, 0.25) is 0 Å². The molecule has 0 heterocycles. The Bertz CT molecular complexity index is 790. The molecule has 0 saturated carbocycles. The Kier molecular flexibility index (Phi) is 5.34. The third-order valence-corrected chi connectivity index (χ3v) is 7.04. The maximum atomic E-state index is 13.8. The van der Waals surface area contributed by atoms with Crippen molar-refractivity contribution >= 4 is 18.0 Å². The molecule has 26 heavy (non-hydrogen) atoms. The zero-order chi connectivity index (χ0) is 19.9. The van der Waals surface area contributed by atoms with Crippen LogP contribution < -0.4 is 10.6 Å². The van der Waals surface area contributed by atoms with E-state index in [1.807, 2.05) is 53.7 Å². The monoisotopic (exact) mass is 376 g/mol. The van der Waals surface area contributed by atoms with E-state index in [-0.39, 0.29) is 32.9 Å². The number of phenolic OH excluding ortho intramolecular Hbond substituents is 2. The largest absolute Gasteiger partial charge is 0.507 e. The highest BCUT2D eigenvalue weighted by molar-refractivity contribution is 7.74. The van der Waals surface area contributed by atoms with Gasteiger partial charge in [0, 0.05) is 18.2 Å². The van der Waals surface area contributed by atoms with Gasteiger partial charge < -0.3 is 14.7 Å². The van der Waals surface area contributed by atoms with Crippen molar-refractivity contribution in [3.63, 3.8) is 0 Å². The van der Waals surface area contributed by atoms with Gasteiger partial charge in [0.2, 0.25) is 0 Å². The van der Waals surface area contributed by atoms with Gasteiger partial charge in [0.25, 0.3) is 7.37 Å². The lowest BCUT2D eigenvalue weighted by molar-refractivity contribution is 0.404. The Labute approximate surface area is 156 Å². The zero-order valence-electron chi connectivity index (χ0n) is 16.6. The van der Waals surface area contributed by atoms with E-state index in [1.165, 1.54) is 7.11 Å². The molecule has 0 aliphatic heterocycles. The lowest BCUT2D eigenvalue weighted by Gasteiger charge is -2.27. The summed E-state index contributed by atoms with van der Waals surface area (Å²) in [5, 5.41) is 22.1. The Hall–Kier alpha value is -1.77. The summed E-state index contributed by atoms with van der Waals surface area (Å²) in [4.78, 5) is 0. The van der Waals surface area contributed by atoms with Crippen LogP contribution in [0.5, 0.6) is 11.5 Å². The average Bonchev–Trinajstić information content (AvgIpc) is 2.52. The number of para-hydroxylation sites is 2. The van der Waals surface area contributed by atoms with Gasteiger partial charge in [0.15, 0.2) is 0 Å². The number of hydrogen-bond donors (Lipinski definition) is 2. The van der Waals surface area contributed by atoms with E-state index >= 15 is 0 Å². The van der Waals surface area contributed by atoms with Crippen molar-refractivity contribution in [2.45, 2.75) is 52.4 Å². The minimum absolute atomic E-state index is 0.0502. The van der Waals surface area contributed by atoms with E-state index in [0.717, 1.165) is 0 Å². The van der Waals surface area contributed by atoms with E-state index in [1.54, 1.807) is 24.3 Å². The van der Waals surface area contributed by atoms with Crippen molar-refractivity contribution in [1.82, 2.24) is 0 Å². The third-order valence-electron chi connectivity index (χ3n) is 4.54. The normalized spacial score (nSPS) is 13.0. The van der Waals surface area contributed by atoms with Crippen molar-refractivity contribution in [1.29, 1.82) is 0 Å². The zero-order valence-corrected chi connectivity index (χ0v) is 17.5. The van der Waals surface area contributed by atoms with E-state index < -0.39 is 7.37 Å². The summed E-state index contributed by atoms with van der Waals surface area (Å²) in [5.74, 6) is -0.100. The first-order valence-corrected chi connectivity index (χ1v) is 10.3. The molecule has 0 fully saturated rings. The molecule has 0 aliphatic carbocycles. The van der Waals surface area contributed by atoms with Crippen LogP contribution in [0, 0.1) is 0 Å². The molecule has 0 unspecified atom stereocenters. The van der Waals surface area contributed by atoms with E-state index in [0.29, 0.717) is 11.1 Å². The molecule has 0 saturated heterocycles. The molecule has 2 aromatic rings. The Morgan fingerprint density at radius 3 is 1.38 bits per heavy atom. The fraction of sp³-hybridized carbons (Fsp3) is 0.429. The Balaban J connectivity index is 2.79. The molecule has 0 radical (unpaired) electrons. The quantitative estimate of drug-likeness (QED) is 0.770. The van der Waals surface area contributed by atoms with Gasteiger partial charge in [-0.15, -0.1) is 0 Å². The highest BCUT2D eigenvalue weighted by atomic mass is 31.2. The second-order valence-electron chi connectivity index (χ2n) is 8.58. The van der Waals surface area contributed by atoms with Gasteiger partial charge in [0.05, 0.1) is 10.6 Å². The summed E-state index contributed by atoms with van der Waals surface area (Å²) in [5.41, 5.74) is 0.708. The summed E-state index contributed by atoms with van der Waals surface area (Å²) >= 11 is 0. The minimum Gasteiger partial charge on any atom is -0.507 e. The van der Waals surface area contributed by atoms with Crippen LogP contribution >= 0.6 is 7.37 Å². The number of benzene rings is 2. The van der Waals surface area contributed by atoms with E-state index in [4.69, 9.17) is 4.52 Å². The first-order chi connectivity index (χ1) is 11.8. The molecule has 0 spiro atoms. The third kappa shape index (κ3) is 3.54. The first kappa shape index (κ1) is 20.5. The lowest BCUT2D eigenvalue weighted by atomic mass is 9.86. The molecule has 0 amide bonds. The molecular formula is C21H29O4P. The van der Waals surface area contributed by atoms with Gasteiger partial charge in [0.1, 0.15) is 11.5 Å². The van der Waals surface area contributed by atoms with Gasteiger partial charge in [-0.25, -0.2) is 0 Å². The predicted molar refractivity (Wildman–Crippen MR) is 107 cm³/mol. The molecule has 0 aromatic heterocycles. The van der Waals surface area contributed by atoms with Crippen LogP contribution in [0.4, 0.5) is 0 Å². The Morgan fingerprint density at radius 1 is 0.769 bits per heavy atom. The molecule has 2 aromatic carbocycles. The second-order valence-corrected chi connectivity index (χ2v) is 11.0. The standard InChI is InChI=1S/C21H29O4P/c1-20(2,3)14-10-8-12-16(18(14)22)26(24,25-7)17-13-9-11-15(19(17)23)21(4,5)6/h8-13,22-23H,1-7H3. The molecule has 0 bridgehead atoms. The minimum atomic E-state index is -3.67. The Morgan fingerprint density at radius 2 is 1.12 bits per heavy atom. The van der Waals surface area contributed by atoms with Gasteiger partial charge in [-0.2, -0.15) is 0 Å². The van der Waals surface area contributed by atoms with Crippen LogP contribution in [0.1, 0.15) is 52.7 Å². The van der Waals surface area contributed by atoms with Crippen molar-refractivity contribution in [2.75, 3.05) is 7.11 Å². The molecule has 2 N–H and O–H groups in total. The lowest BCUT2D eigenvalue weighted by Crippen LogP contribution is -2.23. The summed E-state index contributed by atoms with van der Waals surface area (Å²) in [6, 6.07) is 10.3. The molecule has 0 aliphatic rings. The van der Waals surface area contributed by atoms with Crippen LogP contribution in [0.15, 0.2) is 36.4 Å². The molecule has 4 nitrogen and oxygen atoms in total. The van der Waals surface area contributed by atoms with Gasteiger partial charge in [-0.1, -0.05) is 65.8 Å². The van der Waals surface area contributed by atoms with E-state index in [9.17, 15) is 14.8 Å². The smallest absolute Gasteiger partial charge is 0.268 e. The van der Waals surface area contributed by atoms with Gasteiger partial charge in [-0.05, 0) is 23.0 Å². The van der Waals surface area contributed by atoms with Crippen LogP contribution in [-0.4, -0.2) is 17.3 Å². The number of hydrogen-bond acceptors (Lipinski definition) is 4. The van der Waals surface area contributed by atoms with Crippen LogP contribution in [0.25, 0.3) is 0 Å². The summed E-state index contributed by atoms with van der Waals surface area (Å²) in [6.07, 6.45) is 0. The maximum Gasteiger partial charge on any atom is 0.268 e. The van der Waals surface area contributed by atoms with Gasteiger partial charge >= 0.3 is 0 Å². The SMILES string of the molecule is COP(=O)(c1cccc(C(C)(C)C)c1O)c1cccc(C(C)(C)C)c1O. The summed E-state index contributed by atoms with van der Waals surface area (Å²) in [7, 11) is -2.33. The maximum absolute atomic E-state index is 13.8. The van der Waals surface area contributed by atoms with Crippen molar-refractivity contribution < 1.29 is 19.3 Å². The number of phenols is 2. The predicted octanol–water partition coefficient (Wildman–Crippen LogP) is 4.57. The first-order valence-electron chi connectivity index (χ1n) is 8.66.